The van der Waals surface area contributed by atoms with Gasteiger partial charge in [-0.05, 0) is 41.2 Å². The smallest absolute Gasteiger partial charge is 0.342 e. The molecule has 0 saturated carbocycles. The second-order valence-electron chi connectivity index (χ2n) is 8.13. The molecule has 4 aromatic carbocycles. The SMILES string of the molecule is O=C(Cc1ccccc1)NOc1cccc(CCc2ccccc2)c1C(=O)OCc1ccccc1. The molecule has 0 radical (unpaired) electrons. The fraction of sp³-hybridized carbons (Fsp3) is 0.133. The minimum Gasteiger partial charge on any atom is -0.457 e. The Hall–Kier alpha value is -4.38. The van der Waals surface area contributed by atoms with Crippen LogP contribution in [0.4, 0.5) is 0 Å². The lowest BCUT2D eigenvalue weighted by molar-refractivity contribution is -0.127. The second kappa shape index (κ2) is 12.2. The van der Waals surface area contributed by atoms with Gasteiger partial charge in [0.2, 0.25) is 0 Å². The van der Waals surface area contributed by atoms with Crippen LogP contribution in [0.3, 0.4) is 0 Å². The molecule has 1 N–H and O–H groups in total. The summed E-state index contributed by atoms with van der Waals surface area (Å²) in [7, 11) is 0. The molecule has 0 aliphatic rings. The van der Waals surface area contributed by atoms with Crippen LogP contribution >= 0.6 is 0 Å². The summed E-state index contributed by atoms with van der Waals surface area (Å²) >= 11 is 0. The van der Waals surface area contributed by atoms with Gasteiger partial charge < -0.3 is 9.57 Å². The molecule has 0 spiro atoms. The van der Waals surface area contributed by atoms with Crippen molar-refractivity contribution in [1.29, 1.82) is 0 Å². The van der Waals surface area contributed by atoms with E-state index in [1.54, 1.807) is 6.07 Å². The lowest BCUT2D eigenvalue weighted by atomic mass is 9.99. The Bertz CT molecular complexity index is 1240. The maximum absolute atomic E-state index is 13.2. The molecule has 0 saturated heterocycles. The highest BCUT2D eigenvalue weighted by Crippen LogP contribution is 2.25. The number of carbonyl (C=O) groups excluding carboxylic acids is 2. The molecule has 35 heavy (non-hydrogen) atoms. The standard InChI is InChI=1S/C30H27NO4/c32-28(21-24-13-6-2-7-14-24)31-35-27-18-10-17-26(20-19-23-11-4-1-5-12-23)29(27)30(33)34-22-25-15-8-3-9-16-25/h1-18H,19-22H2,(H,31,32). The Labute approximate surface area is 205 Å². The number of hydrogen-bond acceptors (Lipinski definition) is 4. The van der Waals surface area contributed by atoms with Crippen LogP contribution < -0.4 is 10.3 Å². The van der Waals surface area contributed by atoms with Crippen molar-refractivity contribution in [1.82, 2.24) is 5.48 Å². The van der Waals surface area contributed by atoms with Crippen molar-refractivity contribution in [2.24, 2.45) is 0 Å². The first-order valence-electron chi connectivity index (χ1n) is 11.6. The van der Waals surface area contributed by atoms with Crippen molar-refractivity contribution in [3.63, 3.8) is 0 Å². The molecule has 0 aromatic heterocycles. The molecule has 4 aromatic rings. The number of hydrogen-bond donors (Lipinski definition) is 1. The zero-order valence-corrected chi connectivity index (χ0v) is 19.4. The second-order valence-corrected chi connectivity index (χ2v) is 8.13. The Kier molecular flexibility index (Phi) is 8.28. The van der Waals surface area contributed by atoms with Crippen LogP contribution in [0.1, 0.15) is 32.6 Å². The maximum Gasteiger partial charge on any atom is 0.342 e. The first-order valence-corrected chi connectivity index (χ1v) is 11.6. The predicted octanol–water partition coefficient (Wildman–Crippen LogP) is 5.48. The van der Waals surface area contributed by atoms with Crippen molar-refractivity contribution < 1.29 is 19.2 Å². The third-order valence-electron chi connectivity index (χ3n) is 5.54. The van der Waals surface area contributed by atoms with Crippen LogP contribution in [-0.4, -0.2) is 11.9 Å². The summed E-state index contributed by atoms with van der Waals surface area (Å²) in [5, 5.41) is 0. The summed E-state index contributed by atoms with van der Waals surface area (Å²) in [6, 6.07) is 34.3. The zero-order chi connectivity index (χ0) is 24.3. The first kappa shape index (κ1) is 23.8. The van der Waals surface area contributed by atoms with E-state index in [0.717, 1.165) is 23.1 Å². The quantitative estimate of drug-likeness (QED) is 0.249. The van der Waals surface area contributed by atoms with Crippen molar-refractivity contribution >= 4 is 11.9 Å². The minimum absolute atomic E-state index is 0.145. The van der Waals surface area contributed by atoms with Crippen molar-refractivity contribution in [3.05, 3.63) is 137 Å². The van der Waals surface area contributed by atoms with Crippen LogP contribution in [0, 0.1) is 0 Å². The van der Waals surface area contributed by atoms with Crippen LogP contribution in [0.5, 0.6) is 5.75 Å². The lowest BCUT2D eigenvalue weighted by Gasteiger charge is -2.15. The van der Waals surface area contributed by atoms with Crippen molar-refractivity contribution in [3.8, 4) is 5.75 Å². The van der Waals surface area contributed by atoms with E-state index >= 15 is 0 Å². The maximum atomic E-state index is 13.2. The number of amides is 1. The third-order valence-corrected chi connectivity index (χ3v) is 5.54. The van der Waals surface area contributed by atoms with Crippen molar-refractivity contribution in [2.75, 3.05) is 0 Å². The molecule has 0 unspecified atom stereocenters. The zero-order valence-electron chi connectivity index (χ0n) is 19.4. The molecule has 5 nitrogen and oxygen atoms in total. The fourth-order valence-corrected chi connectivity index (χ4v) is 3.75. The molecule has 0 bridgehead atoms. The van der Waals surface area contributed by atoms with Crippen LogP contribution in [0.25, 0.3) is 0 Å². The predicted molar refractivity (Wildman–Crippen MR) is 135 cm³/mol. The van der Waals surface area contributed by atoms with Crippen LogP contribution in [0.2, 0.25) is 0 Å². The van der Waals surface area contributed by atoms with Gasteiger partial charge in [-0.1, -0.05) is 103 Å². The number of rotatable bonds is 10. The Morgan fingerprint density at radius 2 is 1.23 bits per heavy atom. The van der Waals surface area contributed by atoms with E-state index in [9.17, 15) is 9.59 Å². The number of benzene rings is 4. The highest BCUT2D eigenvalue weighted by Gasteiger charge is 2.20. The molecular formula is C30H27NO4. The minimum atomic E-state index is -0.496. The average Bonchev–Trinajstić information content (AvgIpc) is 2.91. The monoisotopic (exact) mass is 465 g/mol. The van der Waals surface area contributed by atoms with Gasteiger partial charge in [0.15, 0.2) is 5.75 Å². The van der Waals surface area contributed by atoms with Crippen LogP contribution in [0.15, 0.2) is 109 Å². The Morgan fingerprint density at radius 1 is 0.629 bits per heavy atom. The van der Waals surface area contributed by atoms with Gasteiger partial charge in [-0.15, -0.1) is 0 Å². The van der Waals surface area contributed by atoms with E-state index in [0.29, 0.717) is 12.0 Å². The van der Waals surface area contributed by atoms with E-state index in [4.69, 9.17) is 9.57 Å². The van der Waals surface area contributed by atoms with Gasteiger partial charge in [-0.3, -0.25) is 4.79 Å². The van der Waals surface area contributed by atoms with E-state index in [2.05, 4.69) is 17.6 Å². The van der Waals surface area contributed by atoms with Gasteiger partial charge in [0.1, 0.15) is 12.2 Å². The van der Waals surface area contributed by atoms with Crippen LogP contribution in [-0.2, 0) is 35.4 Å². The molecule has 0 aliphatic heterocycles. The van der Waals surface area contributed by atoms with Gasteiger partial charge in [0.05, 0.1) is 6.42 Å². The van der Waals surface area contributed by atoms with E-state index in [1.165, 1.54) is 5.56 Å². The molecule has 0 aliphatic carbocycles. The molecule has 1 amide bonds. The average molecular weight is 466 g/mol. The summed E-state index contributed by atoms with van der Waals surface area (Å²) in [6.45, 7) is 0.145. The lowest BCUT2D eigenvalue weighted by Crippen LogP contribution is -2.29. The molecular weight excluding hydrogens is 438 g/mol. The van der Waals surface area contributed by atoms with Crippen molar-refractivity contribution in [2.45, 2.75) is 25.9 Å². The Balaban J connectivity index is 1.50. The third kappa shape index (κ3) is 7.05. The first-order chi connectivity index (χ1) is 17.2. The van der Waals surface area contributed by atoms with Gasteiger partial charge in [-0.25, -0.2) is 4.79 Å². The number of ether oxygens (including phenoxy) is 1. The molecule has 0 heterocycles. The number of hydroxylamine groups is 1. The number of aryl methyl sites for hydroxylation is 2. The fourth-order valence-electron chi connectivity index (χ4n) is 3.75. The molecule has 5 heteroatoms. The largest absolute Gasteiger partial charge is 0.457 e. The topological polar surface area (TPSA) is 64.6 Å². The van der Waals surface area contributed by atoms with E-state index in [1.807, 2.05) is 91.0 Å². The van der Waals surface area contributed by atoms with Gasteiger partial charge in [0.25, 0.3) is 5.91 Å². The Morgan fingerprint density at radius 3 is 1.89 bits per heavy atom. The van der Waals surface area contributed by atoms with E-state index < -0.39 is 5.97 Å². The number of carbonyl (C=O) groups is 2. The molecule has 0 fully saturated rings. The summed E-state index contributed by atoms with van der Waals surface area (Å²) in [5.41, 5.74) is 6.51. The molecule has 4 rings (SSSR count). The summed E-state index contributed by atoms with van der Waals surface area (Å²) in [4.78, 5) is 31.2. The number of esters is 1. The summed E-state index contributed by atoms with van der Waals surface area (Å²) < 4.78 is 5.62. The highest BCUT2D eigenvalue weighted by atomic mass is 16.7. The molecule has 176 valence electrons. The van der Waals surface area contributed by atoms with Gasteiger partial charge >= 0.3 is 5.97 Å². The van der Waals surface area contributed by atoms with Gasteiger partial charge in [-0.2, -0.15) is 5.48 Å². The highest BCUT2D eigenvalue weighted by molar-refractivity contribution is 5.94. The van der Waals surface area contributed by atoms with E-state index in [-0.39, 0.29) is 24.7 Å². The van der Waals surface area contributed by atoms with Gasteiger partial charge in [0, 0.05) is 0 Å². The summed E-state index contributed by atoms with van der Waals surface area (Å²) in [5.74, 6) is -0.547. The normalized spacial score (nSPS) is 10.4. The summed E-state index contributed by atoms with van der Waals surface area (Å²) in [6.07, 6.45) is 1.54. The number of nitrogens with one attached hydrogen (secondary N) is 1. The molecule has 0 atom stereocenters.